The van der Waals surface area contributed by atoms with Crippen LogP contribution in [0.15, 0.2) is 42.5 Å². The molecule has 1 aliphatic heterocycles. The van der Waals surface area contributed by atoms with Crippen LogP contribution in [-0.4, -0.2) is 43.9 Å². The molecule has 7 nitrogen and oxygen atoms in total. The van der Waals surface area contributed by atoms with Gasteiger partial charge in [-0.05, 0) is 49.6 Å². The van der Waals surface area contributed by atoms with Gasteiger partial charge < -0.3 is 10.2 Å². The Balaban J connectivity index is 1.68. The lowest BCUT2D eigenvalue weighted by atomic mass is 10.1. The lowest BCUT2D eigenvalue weighted by Gasteiger charge is -2.21. The van der Waals surface area contributed by atoms with Crippen LogP contribution in [0.3, 0.4) is 0 Å². The first-order valence-electron chi connectivity index (χ1n) is 9.85. The van der Waals surface area contributed by atoms with Crippen LogP contribution in [0.4, 0.5) is 11.4 Å². The second-order valence-electron chi connectivity index (χ2n) is 7.72. The molecule has 1 N–H and O–H groups in total. The fraction of sp³-hybridized carbons (Fsp3) is 0.364. The van der Waals surface area contributed by atoms with E-state index in [2.05, 4.69) is 5.32 Å². The van der Waals surface area contributed by atoms with E-state index in [-0.39, 0.29) is 19.0 Å². The van der Waals surface area contributed by atoms with Crippen molar-refractivity contribution in [3.63, 3.8) is 0 Å². The SMILES string of the molecule is Cc1ccc(CN(CC(=O)Nc2ccc(N3CCCC3=O)c(C)c2)S(C)(=O)=O)cc1. The molecule has 0 aliphatic carbocycles. The van der Waals surface area contributed by atoms with Crippen LogP contribution in [0.5, 0.6) is 0 Å². The summed E-state index contributed by atoms with van der Waals surface area (Å²) < 4.78 is 25.5. The van der Waals surface area contributed by atoms with E-state index in [1.165, 1.54) is 0 Å². The largest absolute Gasteiger partial charge is 0.325 e. The molecular weight excluding hydrogens is 402 g/mol. The Bertz CT molecular complexity index is 1050. The van der Waals surface area contributed by atoms with Gasteiger partial charge in [-0.3, -0.25) is 9.59 Å². The van der Waals surface area contributed by atoms with Gasteiger partial charge in [-0.1, -0.05) is 29.8 Å². The molecule has 0 spiro atoms. The minimum Gasteiger partial charge on any atom is -0.325 e. The van der Waals surface area contributed by atoms with Crippen LogP contribution in [0.2, 0.25) is 0 Å². The molecule has 0 atom stereocenters. The van der Waals surface area contributed by atoms with Crippen LogP contribution >= 0.6 is 0 Å². The molecule has 0 aromatic heterocycles. The fourth-order valence-corrected chi connectivity index (χ4v) is 4.22. The molecule has 0 unspecified atom stereocenters. The predicted octanol–water partition coefficient (Wildman–Crippen LogP) is 2.83. The Morgan fingerprint density at radius 1 is 1.13 bits per heavy atom. The number of carbonyl (C=O) groups is 2. The average molecular weight is 430 g/mol. The molecule has 0 radical (unpaired) electrons. The van der Waals surface area contributed by atoms with Gasteiger partial charge in [0.2, 0.25) is 21.8 Å². The Hall–Kier alpha value is -2.71. The van der Waals surface area contributed by atoms with Crippen molar-refractivity contribution in [2.45, 2.75) is 33.2 Å². The van der Waals surface area contributed by atoms with Gasteiger partial charge in [0, 0.05) is 30.9 Å². The van der Waals surface area contributed by atoms with E-state index >= 15 is 0 Å². The summed E-state index contributed by atoms with van der Waals surface area (Å²) in [5.74, 6) is -0.313. The lowest BCUT2D eigenvalue weighted by Crippen LogP contribution is -2.36. The standard InChI is InChI=1S/C22H27N3O4S/c1-16-6-8-18(9-7-16)14-24(30(3,28)29)15-21(26)23-19-10-11-20(17(2)13-19)25-12-4-5-22(25)27/h6-11,13H,4-5,12,14-15H2,1-3H3,(H,23,26). The summed E-state index contributed by atoms with van der Waals surface area (Å²) in [6.07, 6.45) is 2.50. The number of hydrogen-bond acceptors (Lipinski definition) is 4. The van der Waals surface area contributed by atoms with Gasteiger partial charge in [0.05, 0.1) is 12.8 Å². The van der Waals surface area contributed by atoms with Crippen molar-refractivity contribution in [3.8, 4) is 0 Å². The number of aryl methyl sites for hydroxylation is 2. The third kappa shape index (κ3) is 5.46. The summed E-state index contributed by atoms with van der Waals surface area (Å²) in [7, 11) is -3.56. The molecule has 1 aliphatic rings. The highest BCUT2D eigenvalue weighted by Gasteiger charge is 2.24. The summed E-state index contributed by atoms with van der Waals surface area (Å²) in [5.41, 5.74) is 4.18. The molecule has 30 heavy (non-hydrogen) atoms. The lowest BCUT2D eigenvalue weighted by molar-refractivity contribution is -0.117. The highest BCUT2D eigenvalue weighted by molar-refractivity contribution is 7.88. The van der Waals surface area contributed by atoms with Crippen molar-refractivity contribution < 1.29 is 18.0 Å². The van der Waals surface area contributed by atoms with Crippen molar-refractivity contribution in [3.05, 3.63) is 59.2 Å². The maximum Gasteiger partial charge on any atom is 0.239 e. The first-order valence-corrected chi connectivity index (χ1v) is 11.7. The Kier molecular flexibility index (Phi) is 6.58. The van der Waals surface area contributed by atoms with Gasteiger partial charge in [-0.2, -0.15) is 4.31 Å². The van der Waals surface area contributed by atoms with E-state index in [9.17, 15) is 18.0 Å². The van der Waals surface area contributed by atoms with Crippen LogP contribution in [-0.2, 0) is 26.2 Å². The third-order valence-corrected chi connectivity index (χ3v) is 6.31. The van der Waals surface area contributed by atoms with E-state index in [4.69, 9.17) is 0 Å². The second-order valence-corrected chi connectivity index (χ2v) is 9.70. The number of nitrogens with zero attached hydrogens (tertiary/aromatic N) is 2. The molecule has 1 heterocycles. The molecular formula is C22H27N3O4S. The van der Waals surface area contributed by atoms with Gasteiger partial charge >= 0.3 is 0 Å². The van der Waals surface area contributed by atoms with Gasteiger partial charge in [0.25, 0.3) is 0 Å². The quantitative estimate of drug-likeness (QED) is 0.733. The topological polar surface area (TPSA) is 86.8 Å². The van der Waals surface area contributed by atoms with E-state index in [1.54, 1.807) is 17.0 Å². The van der Waals surface area contributed by atoms with Crippen molar-refractivity contribution in [1.82, 2.24) is 4.31 Å². The number of hydrogen-bond donors (Lipinski definition) is 1. The van der Waals surface area contributed by atoms with Crippen molar-refractivity contribution in [2.75, 3.05) is 29.6 Å². The van der Waals surface area contributed by atoms with Crippen molar-refractivity contribution in [2.24, 2.45) is 0 Å². The number of sulfonamides is 1. The maximum atomic E-state index is 12.5. The molecule has 8 heteroatoms. The van der Waals surface area contributed by atoms with Gasteiger partial charge in [0.1, 0.15) is 0 Å². The smallest absolute Gasteiger partial charge is 0.239 e. The minimum atomic E-state index is -3.56. The Morgan fingerprint density at radius 3 is 2.40 bits per heavy atom. The third-order valence-electron chi connectivity index (χ3n) is 5.11. The second kappa shape index (κ2) is 8.97. The number of carbonyl (C=O) groups excluding carboxylic acids is 2. The molecule has 160 valence electrons. The number of benzene rings is 2. The number of amides is 2. The summed E-state index contributed by atoms with van der Waals surface area (Å²) in [6, 6.07) is 12.9. The van der Waals surface area contributed by atoms with Crippen LogP contribution in [0.1, 0.15) is 29.5 Å². The molecule has 1 saturated heterocycles. The van der Waals surface area contributed by atoms with Crippen LogP contribution in [0.25, 0.3) is 0 Å². The van der Waals surface area contributed by atoms with Gasteiger partial charge in [0.15, 0.2) is 0 Å². The Morgan fingerprint density at radius 2 is 1.83 bits per heavy atom. The van der Waals surface area contributed by atoms with E-state index in [0.29, 0.717) is 18.7 Å². The minimum absolute atomic E-state index is 0.106. The summed E-state index contributed by atoms with van der Waals surface area (Å²) in [5, 5.41) is 2.76. The van der Waals surface area contributed by atoms with Gasteiger partial charge in [-0.15, -0.1) is 0 Å². The number of anilines is 2. The molecule has 3 rings (SSSR count). The molecule has 1 fully saturated rings. The first-order chi connectivity index (χ1) is 14.1. The van der Waals surface area contributed by atoms with Crippen LogP contribution in [0, 0.1) is 13.8 Å². The van der Waals surface area contributed by atoms with Gasteiger partial charge in [-0.25, -0.2) is 8.42 Å². The highest BCUT2D eigenvalue weighted by atomic mass is 32.2. The van der Waals surface area contributed by atoms with E-state index < -0.39 is 15.9 Å². The van der Waals surface area contributed by atoms with E-state index in [0.717, 1.165) is 39.4 Å². The van der Waals surface area contributed by atoms with Crippen LogP contribution < -0.4 is 10.2 Å². The number of nitrogens with one attached hydrogen (secondary N) is 1. The monoisotopic (exact) mass is 429 g/mol. The average Bonchev–Trinajstić information content (AvgIpc) is 3.08. The molecule has 2 amide bonds. The normalized spacial score (nSPS) is 14.4. The predicted molar refractivity (Wildman–Crippen MR) is 118 cm³/mol. The molecule has 2 aromatic carbocycles. The first kappa shape index (κ1) is 22.0. The molecule has 0 saturated carbocycles. The fourth-order valence-electron chi connectivity index (χ4n) is 3.49. The zero-order valence-corrected chi connectivity index (χ0v) is 18.3. The zero-order chi connectivity index (χ0) is 21.9. The summed E-state index contributed by atoms with van der Waals surface area (Å²) in [4.78, 5) is 26.3. The molecule has 2 aromatic rings. The Labute approximate surface area is 177 Å². The van der Waals surface area contributed by atoms with Crippen molar-refractivity contribution >= 4 is 33.2 Å². The summed E-state index contributed by atoms with van der Waals surface area (Å²) >= 11 is 0. The molecule has 0 bridgehead atoms. The van der Waals surface area contributed by atoms with Crippen molar-refractivity contribution in [1.29, 1.82) is 0 Å². The number of rotatable bonds is 7. The highest BCUT2D eigenvalue weighted by Crippen LogP contribution is 2.27. The summed E-state index contributed by atoms with van der Waals surface area (Å²) in [6.45, 7) is 4.39. The van der Waals surface area contributed by atoms with E-state index in [1.807, 2.05) is 44.2 Å². The zero-order valence-electron chi connectivity index (χ0n) is 17.5. The maximum absolute atomic E-state index is 12.5.